The topological polar surface area (TPSA) is 16.4 Å². The summed E-state index contributed by atoms with van der Waals surface area (Å²) in [5, 5.41) is 7.21. The molecule has 0 aliphatic rings. The van der Waals surface area contributed by atoms with Crippen molar-refractivity contribution in [2.24, 2.45) is 0 Å². The van der Waals surface area contributed by atoms with Crippen molar-refractivity contribution >= 4 is 102 Å². The maximum Gasteiger partial charge on any atom is 0.137 e. The highest BCUT2D eigenvalue weighted by Gasteiger charge is 2.28. The van der Waals surface area contributed by atoms with E-state index in [9.17, 15) is 0 Å². The molecule has 3 aromatic heterocycles. The first-order valence-electron chi connectivity index (χ1n) is 19.6. The van der Waals surface area contributed by atoms with Gasteiger partial charge < -0.3 is 9.32 Å². The van der Waals surface area contributed by atoms with E-state index in [0.29, 0.717) is 0 Å². The van der Waals surface area contributed by atoms with Gasteiger partial charge in [-0.1, -0.05) is 158 Å². The maximum atomic E-state index is 6.69. The Hall–Kier alpha value is -6.98. The Morgan fingerprint density at radius 3 is 1.78 bits per heavy atom. The van der Waals surface area contributed by atoms with Crippen LogP contribution in [0, 0.1) is 0 Å². The second kappa shape index (κ2) is 13.3. The van der Waals surface area contributed by atoms with E-state index in [2.05, 4.69) is 205 Å². The zero-order valence-electron chi connectivity index (χ0n) is 31.2. The van der Waals surface area contributed by atoms with Gasteiger partial charge in [-0.3, -0.25) is 0 Å². The monoisotopic (exact) mass is 775 g/mol. The number of benzene rings is 9. The summed E-state index contributed by atoms with van der Waals surface area (Å²) in [7, 11) is 0. The Morgan fingerprint density at radius 1 is 0.345 bits per heavy atom. The van der Waals surface area contributed by atoms with Crippen molar-refractivity contribution < 1.29 is 4.42 Å². The summed E-state index contributed by atoms with van der Waals surface area (Å²) >= 11 is 3.75. The van der Waals surface area contributed by atoms with Gasteiger partial charge in [-0.15, -0.1) is 22.7 Å². The molecule has 0 aliphatic carbocycles. The average molecular weight is 776 g/mol. The van der Waals surface area contributed by atoms with Crippen LogP contribution in [0.3, 0.4) is 0 Å². The van der Waals surface area contributed by atoms with Gasteiger partial charge >= 0.3 is 0 Å². The number of anilines is 3. The van der Waals surface area contributed by atoms with E-state index in [0.717, 1.165) is 50.1 Å². The van der Waals surface area contributed by atoms with Gasteiger partial charge in [0.2, 0.25) is 0 Å². The lowest BCUT2D eigenvalue weighted by Crippen LogP contribution is -2.12. The molecule has 0 fully saturated rings. The minimum Gasteiger partial charge on any atom is -0.456 e. The Balaban J connectivity index is 1.26. The van der Waals surface area contributed by atoms with Crippen molar-refractivity contribution in [2.45, 2.75) is 0 Å². The number of rotatable bonds is 6. The van der Waals surface area contributed by atoms with Gasteiger partial charge in [-0.2, -0.15) is 0 Å². The van der Waals surface area contributed by atoms with Gasteiger partial charge in [0.25, 0.3) is 0 Å². The first kappa shape index (κ1) is 33.2. The van der Waals surface area contributed by atoms with Gasteiger partial charge in [-0.25, -0.2) is 0 Å². The molecule has 0 bridgehead atoms. The van der Waals surface area contributed by atoms with E-state index in [1.807, 2.05) is 22.7 Å². The number of hydrogen-bond donors (Lipinski definition) is 0. The zero-order valence-corrected chi connectivity index (χ0v) is 32.9. The fourth-order valence-electron chi connectivity index (χ4n) is 8.86. The molecule has 0 unspecified atom stereocenters. The van der Waals surface area contributed by atoms with Crippen molar-refractivity contribution in [1.82, 2.24) is 0 Å². The lowest BCUT2D eigenvalue weighted by Gasteiger charge is -2.30. The second-order valence-electron chi connectivity index (χ2n) is 14.8. The Kier molecular flexibility index (Phi) is 7.62. The lowest BCUT2D eigenvalue weighted by molar-refractivity contribution is 0.669. The Labute approximate surface area is 343 Å². The number of hydrogen-bond acceptors (Lipinski definition) is 4. The third-order valence-corrected chi connectivity index (χ3v) is 13.9. The quantitative estimate of drug-likeness (QED) is 0.167. The van der Waals surface area contributed by atoms with Crippen LogP contribution in [0.2, 0.25) is 0 Å². The highest BCUT2D eigenvalue weighted by atomic mass is 32.1. The van der Waals surface area contributed by atoms with Gasteiger partial charge in [0.1, 0.15) is 11.2 Å². The molecule has 2 nitrogen and oxygen atoms in total. The normalized spacial score (nSPS) is 11.8. The molecule has 12 aromatic rings. The molecule has 0 radical (unpaired) electrons. The molecule has 9 aromatic carbocycles. The predicted octanol–water partition coefficient (Wildman–Crippen LogP) is 16.8. The van der Waals surface area contributed by atoms with Gasteiger partial charge in [-0.05, 0) is 70.3 Å². The summed E-state index contributed by atoms with van der Waals surface area (Å²) in [5.41, 5.74) is 12.3. The highest BCUT2D eigenvalue weighted by Crippen LogP contribution is 2.55. The third-order valence-electron chi connectivity index (χ3n) is 11.5. The molecular formula is C54H33NOS2. The molecule has 0 aliphatic heterocycles. The van der Waals surface area contributed by atoms with Crippen LogP contribution in [0.4, 0.5) is 17.1 Å². The van der Waals surface area contributed by atoms with Crippen molar-refractivity contribution in [3.63, 3.8) is 0 Å². The molecular weight excluding hydrogens is 743 g/mol. The first-order valence-corrected chi connectivity index (χ1v) is 21.2. The smallest absolute Gasteiger partial charge is 0.137 e. The fourth-order valence-corrected chi connectivity index (χ4v) is 11.4. The van der Waals surface area contributed by atoms with Crippen molar-refractivity contribution in [3.05, 3.63) is 200 Å². The van der Waals surface area contributed by atoms with Crippen LogP contribution < -0.4 is 4.90 Å². The number of fused-ring (bicyclic) bond motifs is 9. The third kappa shape index (κ3) is 5.16. The van der Waals surface area contributed by atoms with Crippen LogP contribution >= 0.6 is 22.7 Å². The zero-order chi connectivity index (χ0) is 38.2. The lowest BCUT2D eigenvalue weighted by atomic mass is 9.95. The van der Waals surface area contributed by atoms with E-state index in [1.54, 1.807) is 0 Å². The molecule has 0 spiro atoms. The molecule has 12 rings (SSSR count). The Bertz CT molecular complexity index is 3510. The first-order chi connectivity index (χ1) is 28.8. The summed E-state index contributed by atoms with van der Waals surface area (Å²) in [6.07, 6.45) is 0. The van der Waals surface area contributed by atoms with Crippen LogP contribution in [0.5, 0.6) is 0 Å². The standard InChI is InChI=1S/C54H33NOS2/c1-4-15-34(16-5-1)37-27-28-43-49(33-37)58-54-39(36-19-8-3-9-20-36)29-31-44(50(43)54)55(45-24-14-23-41-40-21-11-13-26-48(40)57-53(41)45)52-38(35-17-6-2-7-18-35)30-32-47-51(52)42-22-10-12-25-46(42)56-47/h1-33H. The molecule has 3 heterocycles. The van der Waals surface area contributed by atoms with Crippen molar-refractivity contribution in [2.75, 3.05) is 4.90 Å². The van der Waals surface area contributed by atoms with E-state index in [-0.39, 0.29) is 0 Å². The minimum absolute atomic E-state index is 0.865. The largest absolute Gasteiger partial charge is 0.456 e. The molecule has 0 N–H and O–H groups in total. The molecule has 0 saturated carbocycles. The van der Waals surface area contributed by atoms with Crippen LogP contribution in [-0.2, 0) is 0 Å². The van der Waals surface area contributed by atoms with Crippen LogP contribution in [-0.4, -0.2) is 0 Å². The van der Waals surface area contributed by atoms with Crippen molar-refractivity contribution in [1.29, 1.82) is 0 Å². The summed E-state index contributed by atoms with van der Waals surface area (Å²) in [6.45, 7) is 0. The Morgan fingerprint density at radius 2 is 0.983 bits per heavy atom. The predicted molar refractivity (Wildman–Crippen MR) is 250 cm³/mol. The molecule has 0 atom stereocenters. The minimum atomic E-state index is 0.865. The summed E-state index contributed by atoms with van der Waals surface area (Å²) in [6, 6.07) is 72.6. The molecule has 272 valence electrons. The van der Waals surface area contributed by atoms with E-state index in [1.165, 1.54) is 62.6 Å². The van der Waals surface area contributed by atoms with Crippen molar-refractivity contribution in [3.8, 4) is 33.4 Å². The van der Waals surface area contributed by atoms with Gasteiger partial charge in [0, 0.05) is 46.6 Å². The fraction of sp³-hybridized carbons (Fsp3) is 0. The second-order valence-corrected chi connectivity index (χ2v) is 16.9. The summed E-state index contributed by atoms with van der Waals surface area (Å²) in [5.74, 6) is 0. The molecule has 0 saturated heterocycles. The van der Waals surface area contributed by atoms with E-state index >= 15 is 0 Å². The van der Waals surface area contributed by atoms with Crippen LogP contribution in [0.1, 0.15) is 0 Å². The van der Waals surface area contributed by atoms with E-state index < -0.39 is 0 Å². The molecule has 0 amide bonds. The van der Waals surface area contributed by atoms with Crippen LogP contribution in [0.15, 0.2) is 205 Å². The highest BCUT2D eigenvalue weighted by molar-refractivity contribution is 7.27. The summed E-state index contributed by atoms with van der Waals surface area (Å²) < 4.78 is 11.7. The SMILES string of the molecule is c1ccc(-c2ccc3c(c2)sc2c(-c4ccccc4)ccc(N(c4cccc5c4sc4ccccc45)c4c(-c5ccccc5)ccc5oc6ccccc6c45)c23)cc1. The average Bonchev–Trinajstić information content (AvgIpc) is 3.99. The van der Waals surface area contributed by atoms with Gasteiger partial charge in [0.05, 0.1) is 27.1 Å². The molecule has 58 heavy (non-hydrogen) atoms. The van der Waals surface area contributed by atoms with Crippen LogP contribution in [0.25, 0.3) is 95.7 Å². The number of thiophene rings is 2. The number of para-hydroxylation sites is 1. The maximum absolute atomic E-state index is 6.69. The summed E-state index contributed by atoms with van der Waals surface area (Å²) in [4.78, 5) is 2.57. The number of nitrogens with zero attached hydrogens (tertiary/aromatic N) is 1. The van der Waals surface area contributed by atoms with Gasteiger partial charge in [0.15, 0.2) is 0 Å². The van der Waals surface area contributed by atoms with E-state index in [4.69, 9.17) is 4.42 Å². The molecule has 4 heteroatoms. The number of furan rings is 1.